The maximum absolute atomic E-state index is 15.1. The van der Waals surface area contributed by atoms with Gasteiger partial charge in [-0.1, -0.05) is 35.9 Å². The first-order valence-corrected chi connectivity index (χ1v) is 27.2. The lowest BCUT2D eigenvalue weighted by Crippen LogP contribution is -2.55. The highest BCUT2D eigenvalue weighted by Gasteiger charge is 2.41. The average Bonchev–Trinajstić information content (AvgIpc) is 3.83. The summed E-state index contributed by atoms with van der Waals surface area (Å²) in [6.45, 7) is 10.6. The number of anilines is 2. The summed E-state index contributed by atoms with van der Waals surface area (Å²) in [7, 11) is -3.86. The van der Waals surface area contributed by atoms with Crippen molar-refractivity contribution < 1.29 is 60.5 Å². The van der Waals surface area contributed by atoms with Crippen molar-refractivity contribution in [3.8, 4) is 21.9 Å². The molecule has 3 fully saturated rings. The number of nitrogens with zero attached hydrogens (tertiary/aromatic N) is 3. The van der Waals surface area contributed by atoms with Gasteiger partial charge in [0.1, 0.15) is 46.3 Å². The van der Waals surface area contributed by atoms with Gasteiger partial charge in [-0.2, -0.15) is 0 Å². The maximum Gasteiger partial charge on any atom is 0.352 e. The Morgan fingerprint density at radius 3 is 2.31 bits per heavy atom. The average molecular weight is 1090 g/mol. The highest BCUT2D eigenvalue weighted by molar-refractivity contribution is 7.88. The van der Waals surface area contributed by atoms with Crippen LogP contribution in [-0.2, 0) is 51.0 Å². The van der Waals surface area contributed by atoms with Crippen molar-refractivity contribution >= 4 is 85.7 Å². The van der Waals surface area contributed by atoms with E-state index in [2.05, 4.69) is 16.0 Å². The zero-order valence-electron chi connectivity index (χ0n) is 42.3. The Kier molecular flexibility index (Phi) is 16.0. The Bertz CT molecular complexity index is 3050. The topological polar surface area (TPSA) is 243 Å². The van der Waals surface area contributed by atoms with Gasteiger partial charge in [-0.3, -0.25) is 29.9 Å². The van der Waals surface area contributed by atoms with Crippen molar-refractivity contribution in [2.75, 3.05) is 50.0 Å². The van der Waals surface area contributed by atoms with E-state index >= 15 is 4.39 Å². The van der Waals surface area contributed by atoms with Crippen LogP contribution in [0.1, 0.15) is 98.4 Å². The van der Waals surface area contributed by atoms with Crippen molar-refractivity contribution in [3.05, 3.63) is 93.1 Å². The standard InChI is InChI=1S/C52H59ClFN7O12S2/c1-51(2,3)72-42(63)27-71-44-43(53)45(74-46(44)50(67)73-52(4,5)6)30-9-7-10-33(22-30)56-32-17-19-60(20-18-32)75(68,69)28-29-13-14-36(54)37(21-29)57-47(64)31-23-59(24-31)40(55)26-70-39-12-8-11-34-35(39)25-61(49(34)66)38-15-16-41(62)58-48(38)65/h7-14,21-22,31-32,38,55-56H,15-20,23-28H2,1-6H3,(H,57,64)(H,58,62,65). The minimum Gasteiger partial charge on any atom is -0.485 e. The summed E-state index contributed by atoms with van der Waals surface area (Å²) in [5, 5.41) is 17.1. The summed E-state index contributed by atoms with van der Waals surface area (Å²) in [5.74, 6) is -4.36. The summed E-state index contributed by atoms with van der Waals surface area (Å²) >= 11 is 7.93. The first kappa shape index (κ1) is 54.6. The number of imide groups is 1. The fourth-order valence-electron chi connectivity index (χ4n) is 9.02. The number of benzene rings is 3. The van der Waals surface area contributed by atoms with Gasteiger partial charge in [-0.15, -0.1) is 11.3 Å². The molecule has 0 bridgehead atoms. The van der Waals surface area contributed by atoms with Gasteiger partial charge >= 0.3 is 11.9 Å². The van der Waals surface area contributed by atoms with E-state index in [1.807, 2.05) is 24.3 Å². The molecule has 3 saturated heterocycles. The number of carbonyl (C=O) groups is 6. The van der Waals surface area contributed by atoms with Gasteiger partial charge in [-0.25, -0.2) is 26.7 Å². The van der Waals surface area contributed by atoms with Crippen LogP contribution in [0, 0.1) is 17.1 Å². The van der Waals surface area contributed by atoms with Crippen LogP contribution in [0.3, 0.4) is 0 Å². The second kappa shape index (κ2) is 21.9. The van der Waals surface area contributed by atoms with Crippen molar-refractivity contribution in [2.45, 2.75) is 103 Å². The number of amides is 4. The molecule has 400 valence electrons. The molecule has 0 spiro atoms. The molecule has 4 amide bonds. The predicted octanol–water partition coefficient (Wildman–Crippen LogP) is 6.98. The predicted molar refractivity (Wildman–Crippen MR) is 278 cm³/mol. The monoisotopic (exact) mass is 1090 g/mol. The minimum atomic E-state index is -3.86. The third-order valence-electron chi connectivity index (χ3n) is 12.7. The van der Waals surface area contributed by atoms with Gasteiger partial charge in [0, 0.05) is 55.5 Å². The first-order chi connectivity index (χ1) is 35.3. The fraction of sp³-hybridized carbons (Fsp3) is 0.442. The molecule has 0 saturated carbocycles. The number of halogens is 2. The van der Waals surface area contributed by atoms with E-state index in [1.165, 1.54) is 21.3 Å². The molecule has 1 atom stereocenters. The van der Waals surface area contributed by atoms with Crippen LogP contribution in [0.15, 0.2) is 60.7 Å². The Balaban J connectivity index is 0.814. The summed E-state index contributed by atoms with van der Waals surface area (Å²) in [6.07, 6.45) is 1.29. The summed E-state index contributed by atoms with van der Waals surface area (Å²) < 4.78 is 66.7. The minimum absolute atomic E-state index is 0.00733. The van der Waals surface area contributed by atoms with Crippen molar-refractivity contribution in [1.29, 1.82) is 5.41 Å². The molecule has 75 heavy (non-hydrogen) atoms. The number of hydrogen-bond donors (Lipinski definition) is 4. The number of rotatable bonds is 16. The number of ether oxygens (including phenoxy) is 4. The lowest BCUT2D eigenvalue weighted by atomic mass is 9.98. The van der Waals surface area contributed by atoms with Crippen molar-refractivity contribution in [1.82, 2.24) is 19.4 Å². The zero-order valence-corrected chi connectivity index (χ0v) is 44.7. The number of sulfonamides is 1. The Morgan fingerprint density at radius 1 is 0.907 bits per heavy atom. The molecule has 4 aromatic rings. The third kappa shape index (κ3) is 13.1. The van der Waals surface area contributed by atoms with Crippen LogP contribution in [-0.4, -0.2) is 127 Å². The van der Waals surface area contributed by atoms with Gasteiger partial charge in [0.15, 0.2) is 17.2 Å². The number of fused-ring (bicyclic) bond motifs is 1. The van der Waals surface area contributed by atoms with Crippen LogP contribution in [0.2, 0.25) is 5.02 Å². The van der Waals surface area contributed by atoms with E-state index in [0.29, 0.717) is 40.2 Å². The van der Waals surface area contributed by atoms with Crippen LogP contribution in [0.5, 0.6) is 11.5 Å². The quantitative estimate of drug-likeness (QED) is 0.0383. The molecular weight excluding hydrogens is 1030 g/mol. The normalized spacial score (nSPS) is 17.7. The first-order valence-electron chi connectivity index (χ1n) is 24.4. The summed E-state index contributed by atoms with van der Waals surface area (Å²) in [4.78, 5) is 80.1. The highest BCUT2D eigenvalue weighted by Crippen LogP contribution is 2.47. The van der Waals surface area contributed by atoms with Gasteiger partial charge in [0.25, 0.3) is 5.91 Å². The van der Waals surface area contributed by atoms with Crippen LogP contribution >= 0.6 is 22.9 Å². The van der Waals surface area contributed by atoms with E-state index in [0.717, 1.165) is 23.1 Å². The van der Waals surface area contributed by atoms with E-state index < -0.39 is 75.1 Å². The molecule has 19 nitrogen and oxygen atoms in total. The SMILES string of the molecule is CC(C)(C)OC(=O)COc1c(C(=O)OC(C)(C)C)sc(-c2cccc(NC3CCN(S(=O)(=O)Cc4ccc(F)c(NC(=O)C5CN(C(=N)COc6cccc7c6CN(C6CCC(=O)NC6=O)C7=O)C5)c4)CC3)c2)c1Cl. The molecule has 0 radical (unpaired) electrons. The number of esters is 2. The summed E-state index contributed by atoms with van der Waals surface area (Å²) in [6, 6.07) is 15.2. The number of thiophene rings is 1. The largest absolute Gasteiger partial charge is 0.485 e. The molecule has 23 heteroatoms. The Morgan fingerprint density at radius 2 is 1.61 bits per heavy atom. The van der Waals surface area contributed by atoms with Gasteiger partial charge in [0.05, 0.1) is 28.8 Å². The Labute approximate surface area is 442 Å². The van der Waals surface area contributed by atoms with E-state index in [9.17, 15) is 37.2 Å². The van der Waals surface area contributed by atoms with Crippen molar-refractivity contribution in [3.63, 3.8) is 0 Å². The molecule has 4 aliphatic heterocycles. The van der Waals surface area contributed by atoms with Crippen molar-refractivity contribution in [2.24, 2.45) is 5.92 Å². The third-order valence-corrected chi connectivity index (χ3v) is 16.2. The number of amidine groups is 1. The van der Waals surface area contributed by atoms with Gasteiger partial charge < -0.3 is 39.4 Å². The number of hydrogen-bond acceptors (Lipinski definition) is 15. The van der Waals surface area contributed by atoms with E-state index in [1.54, 1.807) is 64.6 Å². The van der Waals surface area contributed by atoms with Gasteiger partial charge in [0.2, 0.25) is 27.7 Å². The smallest absolute Gasteiger partial charge is 0.352 e. The molecule has 1 unspecified atom stereocenters. The van der Waals surface area contributed by atoms with E-state index in [4.69, 9.17) is 36.0 Å². The van der Waals surface area contributed by atoms with Crippen LogP contribution in [0.25, 0.3) is 10.4 Å². The molecule has 0 aliphatic carbocycles. The number of carbonyl (C=O) groups excluding carboxylic acids is 6. The molecule has 5 heterocycles. The Hall–Kier alpha value is -6.62. The highest BCUT2D eigenvalue weighted by atomic mass is 35.5. The van der Waals surface area contributed by atoms with Crippen LogP contribution in [0.4, 0.5) is 15.8 Å². The second-order valence-electron chi connectivity index (χ2n) is 20.8. The number of piperidine rings is 2. The lowest BCUT2D eigenvalue weighted by molar-refractivity contribution is -0.157. The molecule has 3 aromatic carbocycles. The molecule has 8 rings (SSSR count). The number of nitrogens with one attached hydrogen (secondary N) is 4. The van der Waals surface area contributed by atoms with Crippen LogP contribution < -0.4 is 25.4 Å². The zero-order chi connectivity index (χ0) is 54.1. The lowest BCUT2D eigenvalue weighted by Gasteiger charge is -2.39. The number of likely N-dealkylation sites (tertiary alicyclic amines) is 1. The second-order valence-corrected chi connectivity index (χ2v) is 24.1. The summed E-state index contributed by atoms with van der Waals surface area (Å²) in [5.41, 5.74) is 0.879. The molecular formula is C52H59ClFN7O12S2. The maximum atomic E-state index is 15.1. The molecule has 1 aromatic heterocycles. The van der Waals surface area contributed by atoms with Gasteiger partial charge in [-0.05, 0) is 108 Å². The molecule has 4 aliphatic rings. The fourth-order valence-corrected chi connectivity index (χ4v) is 12.0. The molecule has 4 N–H and O–H groups in total. The van der Waals surface area contributed by atoms with E-state index in [-0.39, 0.29) is 103 Å².